The number of hydrogen-bond donors (Lipinski definition) is 1. The van der Waals surface area contributed by atoms with Crippen molar-refractivity contribution in [2.45, 2.75) is 32.9 Å². The molecule has 0 aliphatic carbocycles. The molecule has 0 spiro atoms. The number of nitrogens with zero attached hydrogens (tertiary/aromatic N) is 3. The Morgan fingerprint density at radius 3 is 2.59 bits per heavy atom. The normalized spacial score (nSPS) is 13.1. The first kappa shape index (κ1) is 18.9. The van der Waals surface area contributed by atoms with E-state index in [0.717, 1.165) is 17.9 Å². The van der Waals surface area contributed by atoms with E-state index in [0.29, 0.717) is 24.7 Å². The Kier molecular flexibility index (Phi) is 5.42. The van der Waals surface area contributed by atoms with Crippen LogP contribution in [-0.4, -0.2) is 33.4 Å². The quantitative estimate of drug-likeness (QED) is 0.709. The molecule has 1 aromatic heterocycles. The summed E-state index contributed by atoms with van der Waals surface area (Å²) in [4.78, 5) is 23.5. The molecule has 0 bridgehead atoms. The van der Waals surface area contributed by atoms with Crippen LogP contribution in [0.3, 0.4) is 0 Å². The lowest BCUT2D eigenvalue weighted by atomic mass is 10.00. The predicted octanol–water partition coefficient (Wildman–Crippen LogP) is 4.21. The molecule has 148 valence electrons. The van der Waals surface area contributed by atoms with Gasteiger partial charge in [-0.2, -0.15) is 0 Å². The maximum Gasteiger partial charge on any atom is 0.272 e. The van der Waals surface area contributed by atoms with Gasteiger partial charge in [-0.15, -0.1) is 0 Å². The number of anilines is 2. The van der Waals surface area contributed by atoms with Crippen LogP contribution in [-0.2, 0) is 13.0 Å². The Hall–Kier alpha value is -3.41. The number of ether oxygens (including phenoxy) is 1. The van der Waals surface area contributed by atoms with Crippen molar-refractivity contribution in [3.63, 3.8) is 0 Å². The molecule has 29 heavy (non-hydrogen) atoms. The highest BCUT2D eigenvalue weighted by Crippen LogP contribution is 2.21. The van der Waals surface area contributed by atoms with Gasteiger partial charge in [-0.1, -0.05) is 24.3 Å². The molecular weight excluding hydrogens is 364 g/mol. The van der Waals surface area contributed by atoms with Gasteiger partial charge in [-0.3, -0.25) is 4.79 Å². The molecule has 0 fully saturated rings. The molecular formula is C23H24N4O2. The van der Waals surface area contributed by atoms with E-state index >= 15 is 0 Å². The van der Waals surface area contributed by atoms with E-state index in [-0.39, 0.29) is 12.0 Å². The van der Waals surface area contributed by atoms with Crippen molar-refractivity contribution in [3.05, 3.63) is 77.6 Å². The van der Waals surface area contributed by atoms with Gasteiger partial charge >= 0.3 is 0 Å². The zero-order chi connectivity index (χ0) is 20.2. The Morgan fingerprint density at radius 1 is 1.07 bits per heavy atom. The second-order valence-electron chi connectivity index (χ2n) is 7.33. The van der Waals surface area contributed by atoms with Crippen LogP contribution in [0.2, 0.25) is 0 Å². The lowest BCUT2D eigenvalue weighted by Crippen LogP contribution is -2.36. The summed E-state index contributed by atoms with van der Waals surface area (Å²) in [7, 11) is 0. The van der Waals surface area contributed by atoms with E-state index in [2.05, 4.69) is 27.4 Å². The summed E-state index contributed by atoms with van der Waals surface area (Å²) in [5.41, 5.74) is 3.73. The van der Waals surface area contributed by atoms with Gasteiger partial charge < -0.3 is 15.0 Å². The van der Waals surface area contributed by atoms with Gasteiger partial charge in [0.05, 0.1) is 6.10 Å². The molecule has 6 heteroatoms. The summed E-state index contributed by atoms with van der Waals surface area (Å²) >= 11 is 0. The number of benzene rings is 2. The number of hydrogen-bond acceptors (Lipinski definition) is 5. The Balaban J connectivity index is 1.45. The molecule has 6 nitrogen and oxygen atoms in total. The third-order valence-electron chi connectivity index (χ3n) is 4.77. The van der Waals surface area contributed by atoms with Crippen LogP contribution in [0, 0.1) is 0 Å². The standard InChI is InChI=1S/C23H24N4O2/c1-16(2)29-20-9-7-19(8-10-20)25-23-24-13-11-21(26-23)22(28)27-14-12-17-5-3-4-6-18(17)15-27/h3-11,13,16H,12,14-15H2,1-2H3,(H,24,25,26). The second-order valence-corrected chi connectivity index (χ2v) is 7.33. The van der Waals surface area contributed by atoms with E-state index < -0.39 is 0 Å². The van der Waals surface area contributed by atoms with Gasteiger partial charge in [0.15, 0.2) is 0 Å². The first-order valence-corrected chi connectivity index (χ1v) is 9.81. The number of nitrogens with one attached hydrogen (secondary N) is 1. The molecule has 1 N–H and O–H groups in total. The number of carbonyl (C=O) groups excluding carboxylic acids is 1. The van der Waals surface area contributed by atoms with Crippen LogP contribution in [0.4, 0.5) is 11.6 Å². The topological polar surface area (TPSA) is 67.3 Å². The van der Waals surface area contributed by atoms with Gasteiger partial charge in [0, 0.05) is 25.0 Å². The minimum absolute atomic E-state index is 0.0781. The molecule has 1 aliphatic rings. The van der Waals surface area contributed by atoms with Crippen LogP contribution in [0.25, 0.3) is 0 Å². The van der Waals surface area contributed by atoms with E-state index in [1.54, 1.807) is 12.3 Å². The van der Waals surface area contributed by atoms with E-state index in [1.807, 2.05) is 55.1 Å². The van der Waals surface area contributed by atoms with E-state index in [9.17, 15) is 4.79 Å². The number of amides is 1. The van der Waals surface area contributed by atoms with Crippen molar-refractivity contribution in [2.24, 2.45) is 0 Å². The molecule has 1 aliphatic heterocycles. The van der Waals surface area contributed by atoms with Crippen LogP contribution in [0.1, 0.15) is 35.5 Å². The van der Waals surface area contributed by atoms with Gasteiger partial charge in [-0.25, -0.2) is 9.97 Å². The first-order valence-electron chi connectivity index (χ1n) is 9.81. The number of aromatic nitrogens is 2. The second kappa shape index (κ2) is 8.31. The number of rotatable bonds is 5. The lowest BCUT2D eigenvalue weighted by molar-refractivity contribution is 0.0728. The maximum atomic E-state index is 13.0. The Morgan fingerprint density at radius 2 is 1.83 bits per heavy atom. The van der Waals surface area contributed by atoms with E-state index in [4.69, 9.17) is 4.74 Å². The molecule has 0 unspecified atom stereocenters. The van der Waals surface area contributed by atoms with Crippen LogP contribution >= 0.6 is 0 Å². The first-order chi connectivity index (χ1) is 14.1. The molecule has 1 amide bonds. The Bertz CT molecular complexity index is 1000. The molecule has 4 rings (SSSR count). The SMILES string of the molecule is CC(C)Oc1ccc(Nc2nccc(C(=O)N3CCc4ccccc4C3)n2)cc1. The van der Waals surface area contributed by atoms with Gasteiger partial charge in [0.2, 0.25) is 5.95 Å². The summed E-state index contributed by atoms with van der Waals surface area (Å²) in [6.07, 6.45) is 2.60. The molecule has 0 saturated carbocycles. The van der Waals surface area contributed by atoms with Crippen LogP contribution in [0.5, 0.6) is 5.75 Å². The maximum absolute atomic E-state index is 13.0. The third-order valence-corrected chi connectivity index (χ3v) is 4.77. The molecule has 0 saturated heterocycles. The van der Waals surface area contributed by atoms with Crippen LogP contribution < -0.4 is 10.1 Å². The molecule has 0 radical (unpaired) electrons. The van der Waals surface area contributed by atoms with Gasteiger partial charge in [-0.05, 0) is 61.7 Å². The average Bonchev–Trinajstić information content (AvgIpc) is 2.74. The predicted molar refractivity (Wildman–Crippen MR) is 112 cm³/mol. The van der Waals surface area contributed by atoms with E-state index in [1.165, 1.54) is 11.1 Å². The fourth-order valence-electron chi connectivity index (χ4n) is 3.39. The summed E-state index contributed by atoms with van der Waals surface area (Å²) in [6.45, 7) is 5.28. The highest BCUT2D eigenvalue weighted by molar-refractivity contribution is 5.92. The van der Waals surface area contributed by atoms with Crippen LogP contribution in [0.15, 0.2) is 60.8 Å². The fraction of sp³-hybridized carbons (Fsp3) is 0.261. The molecule has 2 aromatic carbocycles. The van der Waals surface area contributed by atoms with Crippen molar-refractivity contribution >= 4 is 17.5 Å². The minimum atomic E-state index is -0.0781. The number of fused-ring (bicyclic) bond motifs is 1. The highest BCUT2D eigenvalue weighted by atomic mass is 16.5. The zero-order valence-corrected chi connectivity index (χ0v) is 16.6. The van der Waals surface area contributed by atoms with Gasteiger partial charge in [0.1, 0.15) is 11.4 Å². The smallest absolute Gasteiger partial charge is 0.272 e. The van der Waals surface area contributed by atoms with Crippen molar-refractivity contribution in [1.82, 2.24) is 14.9 Å². The average molecular weight is 388 g/mol. The monoisotopic (exact) mass is 388 g/mol. The molecule has 3 aromatic rings. The van der Waals surface area contributed by atoms with Crippen molar-refractivity contribution < 1.29 is 9.53 Å². The zero-order valence-electron chi connectivity index (χ0n) is 16.6. The molecule has 0 atom stereocenters. The fourth-order valence-corrected chi connectivity index (χ4v) is 3.39. The van der Waals surface area contributed by atoms with Crippen molar-refractivity contribution in [2.75, 3.05) is 11.9 Å². The lowest BCUT2D eigenvalue weighted by Gasteiger charge is -2.28. The minimum Gasteiger partial charge on any atom is -0.491 e. The summed E-state index contributed by atoms with van der Waals surface area (Å²) in [5, 5.41) is 3.15. The van der Waals surface area contributed by atoms with Crippen molar-refractivity contribution in [1.29, 1.82) is 0 Å². The summed E-state index contributed by atoms with van der Waals surface area (Å²) in [5.74, 6) is 1.12. The summed E-state index contributed by atoms with van der Waals surface area (Å²) in [6, 6.07) is 17.5. The largest absolute Gasteiger partial charge is 0.491 e. The van der Waals surface area contributed by atoms with Crippen molar-refractivity contribution in [3.8, 4) is 5.75 Å². The number of carbonyl (C=O) groups is 1. The highest BCUT2D eigenvalue weighted by Gasteiger charge is 2.22. The van der Waals surface area contributed by atoms with Gasteiger partial charge in [0.25, 0.3) is 5.91 Å². The molecule has 2 heterocycles. The third kappa shape index (κ3) is 4.54. The summed E-state index contributed by atoms with van der Waals surface area (Å²) < 4.78 is 5.65. The Labute approximate surface area is 170 Å².